The van der Waals surface area contributed by atoms with E-state index in [0.717, 1.165) is 35.1 Å². The van der Waals surface area contributed by atoms with Crippen molar-refractivity contribution < 1.29 is 14.0 Å². The van der Waals surface area contributed by atoms with Gasteiger partial charge in [0, 0.05) is 18.2 Å². The summed E-state index contributed by atoms with van der Waals surface area (Å²) >= 11 is 0. The van der Waals surface area contributed by atoms with Gasteiger partial charge in [0.05, 0.1) is 18.0 Å². The summed E-state index contributed by atoms with van der Waals surface area (Å²) in [5, 5.41) is 30.7. The molecular weight excluding hydrogens is 511 g/mol. The Kier molecular flexibility index (Phi) is 6.80. The van der Waals surface area contributed by atoms with E-state index in [0.29, 0.717) is 49.7 Å². The summed E-state index contributed by atoms with van der Waals surface area (Å²) < 4.78 is 14.5. The van der Waals surface area contributed by atoms with Crippen LogP contribution in [0.25, 0.3) is 0 Å². The number of aryl methyl sites for hydroxylation is 2. The molecule has 1 saturated carbocycles. The summed E-state index contributed by atoms with van der Waals surface area (Å²) in [5.41, 5.74) is 3.30. The number of hydrogen-bond acceptors (Lipinski definition) is 7. The van der Waals surface area contributed by atoms with E-state index in [2.05, 4.69) is 37.3 Å². The number of carbonyl (C=O) groups is 2. The second-order valence-electron chi connectivity index (χ2n) is 10.9. The Morgan fingerprint density at radius 1 is 1.18 bits per heavy atom. The van der Waals surface area contributed by atoms with Gasteiger partial charge in [-0.25, -0.2) is 9.49 Å². The van der Waals surface area contributed by atoms with Gasteiger partial charge in [-0.3, -0.25) is 9.59 Å². The van der Waals surface area contributed by atoms with Crippen LogP contribution in [0.5, 0.6) is 0 Å². The topological polar surface area (TPSA) is 140 Å². The van der Waals surface area contributed by atoms with Crippen LogP contribution in [0.2, 0.25) is 0 Å². The monoisotopic (exact) mass is 542 g/mol. The summed E-state index contributed by atoms with van der Waals surface area (Å²) in [6, 6.07) is 12.6. The molecule has 3 aromatic rings. The molecule has 0 radical (unpaired) electrons. The fraction of sp³-hybridized carbons (Fsp3) is 0.448. The molecule has 4 atom stereocenters. The number of carbonyl (C=O) groups excluding carboxylic acids is 2. The SMILES string of the molecule is CCNC(=O)c1ccc2c(c1)CCc1cc(F)ccc1C2(CCNCC(=O)N1[C@H](C#N)C[C@@H]2C[C@@H]21)c1nnn[nH]1. The first-order chi connectivity index (χ1) is 19.5. The van der Waals surface area contributed by atoms with Crippen LogP contribution in [-0.2, 0) is 23.1 Å². The Bertz CT molecular complexity index is 1490. The maximum Gasteiger partial charge on any atom is 0.251 e. The number of halogens is 1. The molecule has 2 amide bonds. The molecule has 206 valence electrons. The summed E-state index contributed by atoms with van der Waals surface area (Å²) in [6.07, 6.45) is 3.41. The Morgan fingerprint density at radius 3 is 2.67 bits per heavy atom. The first-order valence-electron chi connectivity index (χ1n) is 13.8. The van der Waals surface area contributed by atoms with Crippen molar-refractivity contribution in [2.75, 3.05) is 19.6 Å². The number of piperidine rings is 1. The van der Waals surface area contributed by atoms with Gasteiger partial charge in [-0.1, -0.05) is 12.1 Å². The summed E-state index contributed by atoms with van der Waals surface area (Å²) in [6.45, 7) is 2.94. The van der Waals surface area contributed by atoms with Crippen molar-refractivity contribution >= 4 is 11.8 Å². The summed E-state index contributed by atoms with van der Waals surface area (Å²) in [4.78, 5) is 27.5. The van der Waals surface area contributed by atoms with Gasteiger partial charge >= 0.3 is 0 Å². The van der Waals surface area contributed by atoms with Crippen LogP contribution in [0, 0.1) is 23.1 Å². The van der Waals surface area contributed by atoms with Crippen molar-refractivity contribution in [2.45, 2.75) is 56.5 Å². The normalized spacial score (nSPS) is 24.3. The molecule has 40 heavy (non-hydrogen) atoms. The van der Waals surface area contributed by atoms with Gasteiger partial charge in [0.2, 0.25) is 5.91 Å². The predicted octanol–water partition coefficient (Wildman–Crippen LogP) is 2.01. The van der Waals surface area contributed by atoms with Crippen molar-refractivity contribution in [1.82, 2.24) is 36.2 Å². The fourth-order valence-electron chi connectivity index (χ4n) is 6.70. The highest BCUT2D eigenvalue weighted by Gasteiger charge is 2.54. The molecule has 1 saturated heterocycles. The number of nitrogens with one attached hydrogen (secondary N) is 3. The van der Waals surface area contributed by atoms with E-state index in [1.54, 1.807) is 23.1 Å². The second kappa shape index (κ2) is 10.4. The zero-order valence-electron chi connectivity index (χ0n) is 22.3. The zero-order valence-corrected chi connectivity index (χ0v) is 22.3. The van der Waals surface area contributed by atoms with Gasteiger partial charge in [-0.2, -0.15) is 5.26 Å². The molecule has 0 bridgehead atoms. The minimum atomic E-state index is -0.876. The van der Waals surface area contributed by atoms with Crippen LogP contribution in [-0.4, -0.2) is 69.1 Å². The van der Waals surface area contributed by atoms with Gasteiger partial charge in [0.25, 0.3) is 5.91 Å². The van der Waals surface area contributed by atoms with E-state index in [1.807, 2.05) is 19.1 Å². The second-order valence-corrected chi connectivity index (χ2v) is 10.9. The van der Waals surface area contributed by atoms with Gasteiger partial charge < -0.3 is 15.5 Å². The van der Waals surface area contributed by atoms with Crippen molar-refractivity contribution in [3.8, 4) is 6.07 Å². The quantitative estimate of drug-likeness (QED) is 0.370. The number of benzene rings is 2. The molecule has 10 nitrogen and oxygen atoms in total. The molecule has 3 aliphatic rings. The van der Waals surface area contributed by atoms with Crippen LogP contribution in [0.4, 0.5) is 4.39 Å². The number of aromatic amines is 1. The Hall–Kier alpha value is -4.17. The highest BCUT2D eigenvalue weighted by Crippen LogP contribution is 2.48. The average molecular weight is 543 g/mol. The van der Waals surface area contributed by atoms with Crippen molar-refractivity contribution in [1.29, 1.82) is 5.26 Å². The molecule has 2 fully saturated rings. The van der Waals surface area contributed by atoms with Crippen molar-refractivity contribution in [3.05, 3.63) is 75.9 Å². The molecule has 2 aliphatic carbocycles. The molecule has 2 heterocycles. The highest BCUT2D eigenvalue weighted by atomic mass is 19.1. The maximum absolute atomic E-state index is 14.5. The molecule has 11 heteroatoms. The lowest BCUT2D eigenvalue weighted by Crippen LogP contribution is -2.44. The minimum absolute atomic E-state index is 0.0674. The molecule has 0 spiro atoms. The number of fused-ring (bicyclic) bond motifs is 3. The number of amides is 2. The van der Waals surface area contributed by atoms with Crippen LogP contribution in [0.3, 0.4) is 0 Å². The minimum Gasteiger partial charge on any atom is -0.352 e. The van der Waals surface area contributed by atoms with Gasteiger partial charge in [0.15, 0.2) is 5.82 Å². The number of likely N-dealkylation sites (tertiary alicyclic amines) is 1. The first-order valence-corrected chi connectivity index (χ1v) is 13.8. The highest BCUT2D eigenvalue weighted by molar-refractivity contribution is 5.94. The van der Waals surface area contributed by atoms with Gasteiger partial charge in [-0.15, -0.1) is 5.10 Å². The molecule has 1 unspecified atom stereocenters. The Balaban J connectivity index is 1.34. The number of hydrogen-bond donors (Lipinski definition) is 3. The number of rotatable bonds is 8. The third-order valence-electron chi connectivity index (χ3n) is 8.60. The van der Waals surface area contributed by atoms with E-state index in [4.69, 9.17) is 0 Å². The smallest absolute Gasteiger partial charge is 0.251 e. The maximum atomic E-state index is 14.5. The first kappa shape index (κ1) is 26.1. The lowest BCUT2D eigenvalue weighted by atomic mass is 9.69. The van der Waals surface area contributed by atoms with E-state index >= 15 is 0 Å². The van der Waals surface area contributed by atoms with Crippen LogP contribution >= 0.6 is 0 Å². The van der Waals surface area contributed by atoms with Gasteiger partial charge in [0.1, 0.15) is 11.9 Å². The Labute approximate surface area is 231 Å². The standard InChI is InChI=1S/C29H31FN8O2/c1-2-33-27(40)19-5-7-23-17(11-19)3-4-18-12-21(30)6-8-24(18)29(23,28-34-36-37-35-28)9-10-32-16-26(39)38-22(15-31)13-20-14-25(20)38/h5-8,11-12,20,22,25,32H,2-4,9-10,13-14,16H2,1H3,(H,33,40)(H,34,35,36,37)/t20-,22+,25+,29?/m1/s1. The van der Waals surface area contributed by atoms with Gasteiger partial charge in [-0.05, 0) is 108 Å². The Morgan fingerprint density at radius 2 is 1.95 bits per heavy atom. The lowest BCUT2D eigenvalue weighted by Gasteiger charge is -2.34. The molecule has 6 rings (SSSR count). The molecule has 2 aromatic carbocycles. The number of aromatic nitrogens is 4. The van der Waals surface area contributed by atoms with Crippen molar-refractivity contribution in [3.63, 3.8) is 0 Å². The van der Waals surface area contributed by atoms with E-state index < -0.39 is 5.41 Å². The van der Waals surface area contributed by atoms with Crippen LogP contribution in [0.1, 0.15) is 64.6 Å². The van der Waals surface area contributed by atoms with Crippen molar-refractivity contribution in [2.24, 2.45) is 5.92 Å². The zero-order chi connectivity index (χ0) is 27.9. The fourth-order valence-corrected chi connectivity index (χ4v) is 6.70. The van der Waals surface area contributed by atoms with E-state index in [-0.39, 0.29) is 36.3 Å². The van der Waals surface area contributed by atoms with E-state index in [9.17, 15) is 19.2 Å². The molecule has 1 aromatic heterocycles. The van der Waals surface area contributed by atoms with Crippen LogP contribution in [0.15, 0.2) is 36.4 Å². The average Bonchev–Trinajstić information content (AvgIpc) is 3.35. The largest absolute Gasteiger partial charge is 0.352 e. The third-order valence-corrected chi connectivity index (χ3v) is 8.60. The molecular formula is C29H31FN8O2. The van der Waals surface area contributed by atoms with E-state index in [1.165, 1.54) is 6.07 Å². The molecule has 1 aliphatic heterocycles. The number of H-pyrrole nitrogens is 1. The predicted molar refractivity (Wildman–Crippen MR) is 143 cm³/mol. The number of nitriles is 1. The third kappa shape index (κ3) is 4.42. The lowest BCUT2D eigenvalue weighted by molar-refractivity contribution is -0.131. The number of tetrazole rings is 1. The summed E-state index contributed by atoms with van der Waals surface area (Å²) in [5.74, 6) is 0.423. The van der Waals surface area contributed by atoms with Crippen LogP contribution < -0.4 is 10.6 Å². The summed E-state index contributed by atoms with van der Waals surface area (Å²) in [7, 11) is 0. The number of nitrogens with zero attached hydrogens (tertiary/aromatic N) is 5. The molecule has 3 N–H and O–H groups in total.